The summed E-state index contributed by atoms with van der Waals surface area (Å²) in [4.78, 5) is 17.8. The quantitative estimate of drug-likeness (QED) is 0.868. The van der Waals surface area contributed by atoms with Gasteiger partial charge in [-0.3, -0.25) is 0 Å². The van der Waals surface area contributed by atoms with Crippen molar-refractivity contribution in [3.63, 3.8) is 0 Å². The van der Waals surface area contributed by atoms with Crippen molar-refractivity contribution in [2.45, 2.75) is 19.4 Å². The van der Waals surface area contributed by atoms with Gasteiger partial charge in [0.15, 0.2) is 5.13 Å². The lowest BCUT2D eigenvalue weighted by molar-refractivity contribution is 0.0697. The van der Waals surface area contributed by atoms with E-state index in [1.807, 2.05) is 0 Å². The van der Waals surface area contributed by atoms with Crippen molar-refractivity contribution in [2.75, 3.05) is 25.1 Å². The van der Waals surface area contributed by atoms with Gasteiger partial charge in [-0.25, -0.2) is 9.78 Å². The summed E-state index contributed by atoms with van der Waals surface area (Å²) in [6.45, 7) is 2.20. The fraction of sp³-hybridized carbons (Fsp3) is 0.600. The predicted octanol–water partition coefficient (Wildman–Crippen LogP) is 1.59. The minimum Gasteiger partial charge on any atom is -0.477 e. The Labute approximate surface area is 97.7 Å². The van der Waals surface area contributed by atoms with Gasteiger partial charge in [0.25, 0.3) is 0 Å². The van der Waals surface area contributed by atoms with Gasteiger partial charge in [-0.2, -0.15) is 0 Å². The number of carbonyl (C=O) groups is 1. The molecule has 1 fully saturated rings. The van der Waals surface area contributed by atoms with Crippen LogP contribution in [-0.2, 0) is 11.3 Å². The fourth-order valence-corrected chi connectivity index (χ4v) is 2.74. The molecule has 88 valence electrons. The molecule has 1 aromatic rings. The summed E-state index contributed by atoms with van der Waals surface area (Å²) in [5.41, 5.74) is 0.530. The minimum absolute atomic E-state index is 0.256. The first-order valence-electron chi connectivity index (χ1n) is 5.19. The third-order valence-electron chi connectivity index (χ3n) is 2.54. The Hall–Kier alpha value is -1.14. The summed E-state index contributed by atoms with van der Waals surface area (Å²) in [5.74, 6) is -0.921. The molecule has 0 aromatic carbocycles. The molecule has 1 N–H and O–H groups in total. The number of carboxylic acid groups (broad SMARTS) is 1. The second kappa shape index (κ2) is 4.80. The standard InChI is InChI=1S/C10H14N2O3S/c1-15-6-7-8(9(13)14)16-10(11-7)12-4-2-3-5-12/h2-6H2,1H3,(H,13,14). The van der Waals surface area contributed by atoms with Gasteiger partial charge in [0.2, 0.25) is 0 Å². The number of anilines is 1. The molecule has 0 aliphatic carbocycles. The van der Waals surface area contributed by atoms with Crippen LogP contribution < -0.4 is 4.90 Å². The second-order valence-electron chi connectivity index (χ2n) is 3.70. The van der Waals surface area contributed by atoms with E-state index in [-0.39, 0.29) is 6.61 Å². The van der Waals surface area contributed by atoms with Crippen molar-refractivity contribution in [3.8, 4) is 0 Å². The molecule has 0 amide bonds. The summed E-state index contributed by atoms with van der Waals surface area (Å²) in [6, 6.07) is 0. The lowest BCUT2D eigenvalue weighted by Gasteiger charge is -2.12. The largest absolute Gasteiger partial charge is 0.477 e. The van der Waals surface area contributed by atoms with Crippen molar-refractivity contribution in [1.82, 2.24) is 4.98 Å². The van der Waals surface area contributed by atoms with Crippen LogP contribution in [0.4, 0.5) is 5.13 Å². The molecule has 0 saturated carbocycles. The Kier molecular flexibility index (Phi) is 3.40. The molecular weight excluding hydrogens is 228 g/mol. The zero-order chi connectivity index (χ0) is 11.5. The maximum atomic E-state index is 11.0. The Bertz CT molecular complexity index is 385. The fourth-order valence-electron chi connectivity index (χ4n) is 1.78. The first-order chi connectivity index (χ1) is 7.72. The van der Waals surface area contributed by atoms with Crippen LogP contribution >= 0.6 is 11.3 Å². The van der Waals surface area contributed by atoms with E-state index >= 15 is 0 Å². The third kappa shape index (κ3) is 2.17. The normalized spacial score (nSPS) is 15.7. The molecule has 1 aliphatic heterocycles. The zero-order valence-corrected chi connectivity index (χ0v) is 9.92. The number of nitrogens with zero attached hydrogens (tertiary/aromatic N) is 2. The molecule has 2 rings (SSSR count). The summed E-state index contributed by atoms with van der Waals surface area (Å²) < 4.78 is 4.96. The lowest BCUT2D eigenvalue weighted by atomic mass is 10.4. The Morgan fingerprint density at radius 3 is 2.81 bits per heavy atom. The summed E-state index contributed by atoms with van der Waals surface area (Å²) >= 11 is 1.24. The van der Waals surface area contributed by atoms with E-state index in [0.29, 0.717) is 10.6 Å². The van der Waals surface area contributed by atoms with E-state index in [1.165, 1.54) is 11.3 Å². The average molecular weight is 242 g/mol. The van der Waals surface area contributed by atoms with Gasteiger partial charge in [0.05, 0.1) is 12.3 Å². The van der Waals surface area contributed by atoms with Crippen molar-refractivity contribution in [3.05, 3.63) is 10.6 Å². The molecule has 1 aromatic heterocycles. The van der Waals surface area contributed by atoms with Crippen molar-refractivity contribution in [2.24, 2.45) is 0 Å². The van der Waals surface area contributed by atoms with Crippen LogP contribution in [0.15, 0.2) is 0 Å². The number of aromatic carboxylic acids is 1. The van der Waals surface area contributed by atoms with Gasteiger partial charge >= 0.3 is 5.97 Å². The number of hydrogen-bond acceptors (Lipinski definition) is 5. The van der Waals surface area contributed by atoms with Crippen molar-refractivity contribution >= 4 is 22.4 Å². The van der Waals surface area contributed by atoms with Gasteiger partial charge in [-0.1, -0.05) is 11.3 Å². The Balaban J connectivity index is 2.26. The molecule has 2 heterocycles. The van der Waals surface area contributed by atoms with E-state index in [9.17, 15) is 4.79 Å². The van der Waals surface area contributed by atoms with Gasteiger partial charge < -0.3 is 14.7 Å². The van der Waals surface area contributed by atoms with Crippen LogP contribution in [0.25, 0.3) is 0 Å². The molecule has 16 heavy (non-hydrogen) atoms. The summed E-state index contributed by atoms with van der Waals surface area (Å²) in [5, 5.41) is 9.85. The maximum absolute atomic E-state index is 11.0. The minimum atomic E-state index is -0.921. The van der Waals surface area contributed by atoms with Crippen LogP contribution in [0.2, 0.25) is 0 Å². The smallest absolute Gasteiger partial charge is 0.347 e. The number of thiazole rings is 1. The van der Waals surface area contributed by atoms with Crippen LogP contribution in [0.1, 0.15) is 28.2 Å². The highest BCUT2D eigenvalue weighted by molar-refractivity contribution is 7.17. The topological polar surface area (TPSA) is 62.7 Å². The number of hydrogen-bond donors (Lipinski definition) is 1. The Morgan fingerprint density at radius 2 is 2.25 bits per heavy atom. The Morgan fingerprint density at radius 1 is 1.56 bits per heavy atom. The van der Waals surface area contributed by atoms with Crippen LogP contribution in [-0.4, -0.2) is 36.3 Å². The number of methoxy groups -OCH3 is 1. The van der Waals surface area contributed by atoms with Crippen molar-refractivity contribution < 1.29 is 14.6 Å². The number of ether oxygens (including phenoxy) is 1. The lowest BCUT2D eigenvalue weighted by Crippen LogP contribution is -2.17. The molecule has 0 bridgehead atoms. The highest BCUT2D eigenvalue weighted by atomic mass is 32.1. The molecule has 0 radical (unpaired) electrons. The van der Waals surface area contributed by atoms with E-state index in [4.69, 9.17) is 9.84 Å². The predicted molar refractivity (Wildman–Crippen MR) is 61.2 cm³/mol. The first-order valence-corrected chi connectivity index (χ1v) is 6.01. The summed E-state index contributed by atoms with van der Waals surface area (Å²) in [7, 11) is 1.54. The van der Waals surface area contributed by atoms with Gasteiger partial charge in [0, 0.05) is 20.2 Å². The maximum Gasteiger partial charge on any atom is 0.347 e. The molecule has 5 nitrogen and oxygen atoms in total. The molecule has 1 aliphatic rings. The molecule has 0 unspecified atom stereocenters. The average Bonchev–Trinajstić information content (AvgIpc) is 2.83. The van der Waals surface area contributed by atoms with E-state index < -0.39 is 5.97 Å². The van der Waals surface area contributed by atoms with Crippen LogP contribution in [0.5, 0.6) is 0 Å². The van der Waals surface area contributed by atoms with Gasteiger partial charge in [-0.15, -0.1) is 0 Å². The highest BCUT2D eigenvalue weighted by Gasteiger charge is 2.22. The molecule has 6 heteroatoms. The third-order valence-corrected chi connectivity index (χ3v) is 3.68. The molecule has 1 saturated heterocycles. The number of carboxylic acids is 1. The zero-order valence-electron chi connectivity index (χ0n) is 9.10. The van der Waals surface area contributed by atoms with Gasteiger partial charge in [-0.05, 0) is 12.8 Å². The number of aromatic nitrogens is 1. The van der Waals surface area contributed by atoms with E-state index in [0.717, 1.165) is 31.1 Å². The first kappa shape index (κ1) is 11.3. The van der Waals surface area contributed by atoms with E-state index in [2.05, 4.69) is 9.88 Å². The second-order valence-corrected chi connectivity index (χ2v) is 4.68. The SMILES string of the molecule is COCc1nc(N2CCCC2)sc1C(=O)O. The monoisotopic (exact) mass is 242 g/mol. The molecule has 0 spiro atoms. The molecular formula is C10H14N2O3S. The summed E-state index contributed by atoms with van der Waals surface area (Å²) in [6.07, 6.45) is 2.31. The number of rotatable bonds is 4. The van der Waals surface area contributed by atoms with Gasteiger partial charge in [0.1, 0.15) is 4.88 Å². The molecule has 0 atom stereocenters. The highest BCUT2D eigenvalue weighted by Crippen LogP contribution is 2.29. The van der Waals surface area contributed by atoms with Crippen molar-refractivity contribution in [1.29, 1.82) is 0 Å². The van der Waals surface area contributed by atoms with Crippen LogP contribution in [0, 0.1) is 0 Å². The van der Waals surface area contributed by atoms with E-state index in [1.54, 1.807) is 7.11 Å². The van der Waals surface area contributed by atoms with Crippen LogP contribution in [0.3, 0.4) is 0 Å².